The molecule has 4 rings (SSSR count). The van der Waals surface area contributed by atoms with Gasteiger partial charge in [0.15, 0.2) is 0 Å². The van der Waals surface area contributed by atoms with Crippen molar-refractivity contribution in [1.82, 2.24) is 14.8 Å². The van der Waals surface area contributed by atoms with Gasteiger partial charge in [-0.15, -0.1) is 0 Å². The Morgan fingerprint density at radius 1 is 1.33 bits per heavy atom. The number of hydrogen-bond donors (Lipinski definition) is 1. The van der Waals surface area contributed by atoms with Gasteiger partial charge in [0.2, 0.25) is 0 Å². The first-order valence-electron chi connectivity index (χ1n) is 7.66. The first-order valence-corrected chi connectivity index (χ1v) is 7.66. The van der Waals surface area contributed by atoms with Crippen LogP contribution in [0, 0.1) is 11.7 Å². The summed E-state index contributed by atoms with van der Waals surface area (Å²) in [6.07, 6.45) is 8.07. The van der Waals surface area contributed by atoms with Gasteiger partial charge in [-0.2, -0.15) is 5.10 Å². The van der Waals surface area contributed by atoms with Crippen LogP contribution in [0.2, 0.25) is 0 Å². The van der Waals surface area contributed by atoms with Crippen LogP contribution >= 0.6 is 0 Å². The van der Waals surface area contributed by atoms with E-state index in [2.05, 4.69) is 4.98 Å². The third kappa shape index (κ3) is 2.25. The van der Waals surface area contributed by atoms with Crippen LogP contribution in [0.3, 0.4) is 0 Å². The van der Waals surface area contributed by atoms with Gasteiger partial charge in [0.25, 0.3) is 0 Å². The van der Waals surface area contributed by atoms with Gasteiger partial charge < -0.3 is 5.73 Å². The van der Waals surface area contributed by atoms with Crippen molar-refractivity contribution in [2.24, 2.45) is 11.7 Å². The minimum absolute atomic E-state index is 0.271. The molecule has 0 bridgehead atoms. The van der Waals surface area contributed by atoms with Crippen LogP contribution in [-0.4, -0.2) is 21.3 Å². The molecule has 2 aromatic rings. The van der Waals surface area contributed by atoms with Gasteiger partial charge in [0.05, 0.1) is 11.7 Å². The standard InChI is InChI=1S/C16H19FN4/c17-14-2-1-5-19-16(14)13-9-21(12-6-10(7-12)8-18)20-15(13)11-3-4-11/h1-2,5,9-12H,3-4,6-8,18H2/t10-,12-. The highest BCUT2D eigenvalue weighted by molar-refractivity contribution is 5.63. The monoisotopic (exact) mass is 286 g/mol. The van der Waals surface area contributed by atoms with Gasteiger partial charge in [0, 0.05) is 23.9 Å². The zero-order valence-electron chi connectivity index (χ0n) is 11.9. The molecule has 2 aliphatic rings. The second-order valence-electron chi connectivity index (χ2n) is 6.24. The molecule has 0 unspecified atom stereocenters. The van der Waals surface area contributed by atoms with E-state index in [-0.39, 0.29) is 5.82 Å². The number of hydrogen-bond acceptors (Lipinski definition) is 3. The van der Waals surface area contributed by atoms with Crippen molar-refractivity contribution in [3.05, 3.63) is 36.0 Å². The van der Waals surface area contributed by atoms with Gasteiger partial charge in [-0.1, -0.05) is 0 Å². The second kappa shape index (κ2) is 4.91. The van der Waals surface area contributed by atoms with Gasteiger partial charge >= 0.3 is 0 Å². The van der Waals surface area contributed by atoms with Crippen molar-refractivity contribution in [1.29, 1.82) is 0 Å². The second-order valence-corrected chi connectivity index (χ2v) is 6.24. The van der Waals surface area contributed by atoms with Crippen LogP contribution in [0.1, 0.15) is 43.3 Å². The molecule has 0 radical (unpaired) electrons. The van der Waals surface area contributed by atoms with E-state index in [0.29, 0.717) is 23.6 Å². The lowest BCUT2D eigenvalue weighted by atomic mass is 9.80. The van der Waals surface area contributed by atoms with E-state index in [4.69, 9.17) is 10.8 Å². The maximum absolute atomic E-state index is 14.0. The van der Waals surface area contributed by atoms with E-state index in [1.54, 1.807) is 12.3 Å². The van der Waals surface area contributed by atoms with Crippen LogP contribution < -0.4 is 5.73 Å². The normalized spacial score (nSPS) is 24.9. The molecule has 5 heteroatoms. The fourth-order valence-corrected chi connectivity index (χ4v) is 3.13. The van der Waals surface area contributed by atoms with Crippen molar-refractivity contribution in [2.45, 2.75) is 37.6 Å². The Hall–Kier alpha value is -1.75. The molecule has 2 heterocycles. The highest BCUT2D eigenvalue weighted by Gasteiger charge is 2.35. The summed E-state index contributed by atoms with van der Waals surface area (Å²) in [7, 11) is 0. The van der Waals surface area contributed by atoms with Gasteiger partial charge in [-0.3, -0.25) is 9.67 Å². The SMILES string of the molecule is NC[C@H]1C[C@H](n2cc(-c3ncccc3F)c(C3CC3)n2)C1. The molecule has 2 saturated carbocycles. The molecular formula is C16H19FN4. The fourth-order valence-electron chi connectivity index (χ4n) is 3.13. The summed E-state index contributed by atoms with van der Waals surface area (Å²) >= 11 is 0. The summed E-state index contributed by atoms with van der Waals surface area (Å²) in [4.78, 5) is 4.22. The fraction of sp³-hybridized carbons (Fsp3) is 0.500. The van der Waals surface area contributed by atoms with Gasteiger partial charge in [-0.25, -0.2) is 4.39 Å². The largest absolute Gasteiger partial charge is 0.330 e. The van der Waals surface area contributed by atoms with Gasteiger partial charge in [-0.05, 0) is 50.3 Å². The molecular weight excluding hydrogens is 267 g/mol. The average molecular weight is 286 g/mol. The van der Waals surface area contributed by atoms with Crippen molar-refractivity contribution in [3.8, 4) is 11.3 Å². The number of halogens is 1. The topological polar surface area (TPSA) is 56.7 Å². The van der Waals surface area contributed by atoms with Crippen molar-refractivity contribution >= 4 is 0 Å². The molecule has 0 amide bonds. The Morgan fingerprint density at radius 2 is 2.14 bits per heavy atom. The van der Waals surface area contributed by atoms with E-state index < -0.39 is 0 Å². The minimum Gasteiger partial charge on any atom is -0.330 e. The number of aromatic nitrogens is 3. The zero-order valence-corrected chi connectivity index (χ0v) is 11.9. The third-order valence-corrected chi connectivity index (χ3v) is 4.66. The zero-order chi connectivity index (χ0) is 14.4. The van der Waals surface area contributed by atoms with E-state index in [1.165, 1.54) is 6.07 Å². The van der Waals surface area contributed by atoms with Crippen LogP contribution in [0.5, 0.6) is 0 Å². The van der Waals surface area contributed by atoms with Crippen LogP contribution in [-0.2, 0) is 0 Å². The summed E-state index contributed by atoms with van der Waals surface area (Å²) in [6, 6.07) is 3.50. The van der Waals surface area contributed by atoms with E-state index in [9.17, 15) is 4.39 Å². The highest BCUT2D eigenvalue weighted by atomic mass is 19.1. The quantitative estimate of drug-likeness (QED) is 0.940. The number of rotatable bonds is 4. The number of nitrogens with zero attached hydrogens (tertiary/aromatic N) is 3. The molecule has 110 valence electrons. The van der Waals surface area contributed by atoms with Crippen molar-refractivity contribution in [3.63, 3.8) is 0 Å². The molecule has 2 aliphatic carbocycles. The van der Waals surface area contributed by atoms with Crippen LogP contribution in [0.15, 0.2) is 24.5 Å². The predicted molar refractivity (Wildman–Crippen MR) is 78.2 cm³/mol. The Balaban J connectivity index is 1.70. The van der Waals surface area contributed by atoms with Crippen LogP contribution in [0.4, 0.5) is 4.39 Å². The molecule has 0 spiro atoms. The van der Waals surface area contributed by atoms with E-state index in [1.807, 2.05) is 10.9 Å². The summed E-state index contributed by atoms with van der Waals surface area (Å²) in [5, 5.41) is 4.75. The Labute approximate surface area is 123 Å². The molecule has 0 aromatic carbocycles. The summed E-state index contributed by atoms with van der Waals surface area (Å²) < 4.78 is 16.1. The molecule has 2 N–H and O–H groups in total. The van der Waals surface area contributed by atoms with Crippen molar-refractivity contribution < 1.29 is 4.39 Å². The number of pyridine rings is 1. The smallest absolute Gasteiger partial charge is 0.149 e. The number of nitrogens with two attached hydrogens (primary N) is 1. The molecule has 21 heavy (non-hydrogen) atoms. The lowest BCUT2D eigenvalue weighted by Crippen LogP contribution is -2.32. The molecule has 2 aromatic heterocycles. The lowest BCUT2D eigenvalue weighted by molar-refractivity contribution is 0.189. The maximum Gasteiger partial charge on any atom is 0.149 e. The molecule has 0 atom stereocenters. The molecule has 4 nitrogen and oxygen atoms in total. The highest BCUT2D eigenvalue weighted by Crippen LogP contribution is 2.45. The van der Waals surface area contributed by atoms with Crippen LogP contribution in [0.25, 0.3) is 11.3 Å². The Bertz CT molecular complexity index is 656. The Morgan fingerprint density at radius 3 is 2.81 bits per heavy atom. The first-order chi connectivity index (χ1) is 10.3. The first kappa shape index (κ1) is 13.0. The molecule has 0 aliphatic heterocycles. The summed E-state index contributed by atoms with van der Waals surface area (Å²) in [5.41, 5.74) is 8.00. The van der Waals surface area contributed by atoms with Gasteiger partial charge in [0.1, 0.15) is 11.5 Å². The minimum atomic E-state index is -0.271. The molecule has 0 saturated heterocycles. The average Bonchev–Trinajstić information content (AvgIpc) is 3.19. The molecule has 2 fully saturated rings. The lowest BCUT2D eigenvalue weighted by Gasteiger charge is -2.34. The predicted octanol–water partition coefficient (Wildman–Crippen LogP) is 2.87. The maximum atomic E-state index is 14.0. The summed E-state index contributed by atoms with van der Waals surface area (Å²) in [5.74, 6) is 0.819. The van der Waals surface area contributed by atoms with E-state index >= 15 is 0 Å². The van der Waals surface area contributed by atoms with E-state index in [0.717, 1.165) is 43.5 Å². The van der Waals surface area contributed by atoms with Crippen molar-refractivity contribution in [2.75, 3.05) is 6.54 Å². The third-order valence-electron chi connectivity index (χ3n) is 4.66. The Kier molecular flexibility index (Phi) is 3.03. The summed E-state index contributed by atoms with van der Waals surface area (Å²) in [6.45, 7) is 0.745.